The van der Waals surface area contributed by atoms with Crippen molar-refractivity contribution in [3.63, 3.8) is 0 Å². The molecule has 3 fully saturated rings. The van der Waals surface area contributed by atoms with Crippen LogP contribution in [0.5, 0.6) is 0 Å². The van der Waals surface area contributed by atoms with Crippen LogP contribution in [0.25, 0.3) is 0 Å². The van der Waals surface area contributed by atoms with Crippen molar-refractivity contribution in [1.82, 2.24) is 5.43 Å². The van der Waals surface area contributed by atoms with Gasteiger partial charge in [0.05, 0.1) is 0 Å². The number of hydrogen-bond acceptors (Lipinski definition) is 2. The smallest absolute Gasteiger partial charge is 0.0441 e. The molecule has 2 heteroatoms. The Balaban J connectivity index is 1.51. The summed E-state index contributed by atoms with van der Waals surface area (Å²) in [5.41, 5.74) is 4.71. The molecule has 0 aromatic carbocycles. The Morgan fingerprint density at radius 3 is 2.54 bits per heavy atom. The van der Waals surface area contributed by atoms with Crippen LogP contribution in [0.4, 0.5) is 0 Å². The number of hydrogen-bond donors (Lipinski definition) is 1. The van der Waals surface area contributed by atoms with Crippen LogP contribution in [-0.2, 0) is 0 Å². The maximum Gasteiger partial charge on any atom is 0.0441 e. The van der Waals surface area contributed by atoms with Crippen LogP contribution in [0.3, 0.4) is 0 Å². The van der Waals surface area contributed by atoms with Gasteiger partial charge in [-0.1, -0.05) is 0 Å². The maximum atomic E-state index is 4.51. The second-order valence-electron chi connectivity index (χ2n) is 4.92. The first-order valence-electron chi connectivity index (χ1n) is 5.73. The van der Waals surface area contributed by atoms with E-state index in [4.69, 9.17) is 0 Å². The summed E-state index contributed by atoms with van der Waals surface area (Å²) in [6, 6.07) is 0.729. The standard InChI is InChI=1S/C11H18N2/c1-2-8(1)9-3-4-11(7-9)13-12-10-5-6-10/h8-10,12H,1-7H2/b13-11+. The summed E-state index contributed by atoms with van der Waals surface area (Å²) in [6.07, 6.45) is 9.63. The Morgan fingerprint density at radius 2 is 1.85 bits per heavy atom. The zero-order valence-corrected chi connectivity index (χ0v) is 8.13. The van der Waals surface area contributed by atoms with Gasteiger partial charge in [0.15, 0.2) is 0 Å². The largest absolute Gasteiger partial charge is 0.307 e. The van der Waals surface area contributed by atoms with Crippen LogP contribution < -0.4 is 5.43 Å². The summed E-state index contributed by atoms with van der Waals surface area (Å²) in [5, 5.41) is 4.51. The van der Waals surface area contributed by atoms with E-state index in [1.54, 1.807) is 0 Å². The molecule has 3 aliphatic carbocycles. The predicted molar refractivity (Wildman–Crippen MR) is 53.7 cm³/mol. The number of nitrogens with one attached hydrogen (secondary N) is 1. The second kappa shape index (κ2) is 3.00. The van der Waals surface area contributed by atoms with Gasteiger partial charge in [0.2, 0.25) is 0 Å². The van der Waals surface area contributed by atoms with Crippen molar-refractivity contribution in [3.8, 4) is 0 Å². The van der Waals surface area contributed by atoms with Crippen LogP contribution in [0.15, 0.2) is 5.10 Å². The van der Waals surface area contributed by atoms with Gasteiger partial charge in [-0.15, -0.1) is 0 Å². The number of hydrazone groups is 1. The summed E-state index contributed by atoms with van der Waals surface area (Å²) in [5.74, 6) is 2.08. The molecule has 1 N–H and O–H groups in total. The van der Waals surface area contributed by atoms with Gasteiger partial charge in [-0.25, -0.2) is 0 Å². The molecular weight excluding hydrogens is 160 g/mol. The average Bonchev–Trinajstić information content (AvgIpc) is 3.03. The number of rotatable bonds is 3. The Labute approximate surface area is 79.8 Å². The van der Waals surface area contributed by atoms with E-state index in [0.717, 1.165) is 17.9 Å². The third-order valence-electron chi connectivity index (χ3n) is 3.57. The predicted octanol–water partition coefficient (Wildman–Crippen LogP) is 2.30. The van der Waals surface area contributed by atoms with Gasteiger partial charge in [0.1, 0.15) is 0 Å². The van der Waals surface area contributed by atoms with Gasteiger partial charge < -0.3 is 5.43 Å². The lowest BCUT2D eigenvalue weighted by molar-refractivity contribution is 0.489. The molecule has 0 saturated heterocycles. The third kappa shape index (κ3) is 1.87. The topological polar surface area (TPSA) is 24.4 Å². The van der Waals surface area contributed by atoms with E-state index < -0.39 is 0 Å². The normalized spacial score (nSPS) is 36.9. The zero-order valence-electron chi connectivity index (χ0n) is 8.13. The highest BCUT2D eigenvalue weighted by Gasteiger charge is 2.35. The molecule has 2 nitrogen and oxygen atoms in total. The minimum Gasteiger partial charge on any atom is -0.307 e. The van der Waals surface area contributed by atoms with Crippen LogP contribution in [0.2, 0.25) is 0 Å². The molecule has 0 heterocycles. The van der Waals surface area contributed by atoms with Crippen molar-refractivity contribution >= 4 is 5.71 Å². The average molecular weight is 178 g/mol. The van der Waals surface area contributed by atoms with Crippen LogP contribution in [-0.4, -0.2) is 11.8 Å². The van der Waals surface area contributed by atoms with Crippen LogP contribution in [0.1, 0.15) is 44.9 Å². The van der Waals surface area contributed by atoms with Crippen LogP contribution >= 0.6 is 0 Å². The van der Waals surface area contributed by atoms with E-state index in [2.05, 4.69) is 10.5 Å². The monoisotopic (exact) mass is 178 g/mol. The third-order valence-corrected chi connectivity index (χ3v) is 3.57. The SMILES string of the molecule is C1CC(C2CC2)C/C1=N/NC1CC1. The van der Waals surface area contributed by atoms with E-state index >= 15 is 0 Å². The molecule has 0 amide bonds. The Morgan fingerprint density at radius 1 is 1.00 bits per heavy atom. The number of nitrogens with zero attached hydrogens (tertiary/aromatic N) is 1. The molecule has 1 atom stereocenters. The summed E-state index contributed by atoms with van der Waals surface area (Å²) in [7, 11) is 0. The van der Waals surface area contributed by atoms with Crippen molar-refractivity contribution in [2.75, 3.05) is 0 Å². The van der Waals surface area contributed by atoms with Gasteiger partial charge in [-0.3, -0.25) is 0 Å². The lowest BCUT2D eigenvalue weighted by Crippen LogP contribution is -2.11. The van der Waals surface area contributed by atoms with Crippen LogP contribution in [0, 0.1) is 11.8 Å². The first kappa shape index (κ1) is 7.84. The van der Waals surface area contributed by atoms with Crippen molar-refractivity contribution in [3.05, 3.63) is 0 Å². The highest BCUT2D eigenvalue weighted by Crippen LogP contribution is 2.44. The Bertz CT molecular complexity index is 226. The molecule has 0 spiro atoms. The van der Waals surface area contributed by atoms with Gasteiger partial charge in [0, 0.05) is 11.8 Å². The lowest BCUT2D eigenvalue weighted by atomic mass is 10.0. The molecule has 0 aromatic heterocycles. The molecule has 0 radical (unpaired) electrons. The molecule has 3 saturated carbocycles. The molecule has 72 valence electrons. The molecule has 3 aliphatic rings. The minimum atomic E-state index is 0.729. The highest BCUT2D eigenvalue weighted by atomic mass is 15.3. The quantitative estimate of drug-likeness (QED) is 0.659. The summed E-state index contributed by atoms with van der Waals surface area (Å²) >= 11 is 0. The molecule has 0 bridgehead atoms. The molecular formula is C11H18N2. The summed E-state index contributed by atoms with van der Waals surface area (Å²) in [4.78, 5) is 0. The van der Waals surface area contributed by atoms with E-state index in [9.17, 15) is 0 Å². The lowest BCUT2D eigenvalue weighted by Gasteiger charge is -2.03. The van der Waals surface area contributed by atoms with E-state index in [0.29, 0.717) is 0 Å². The second-order valence-corrected chi connectivity index (χ2v) is 4.92. The zero-order chi connectivity index (χ0) is 8.67. The van der Waals surface area contributed by atoms with Crippen molar-refractivity contribution in [2.24, 2.45) is 16.9 Å². The first-order chi connectivity index (χ1) is 6.42. The Kier molecular flexibility index (Phi) is 1.81. The summed E-state index contributed by atoms with van der Waals surface area (Å²) < 4.78 is 0. The molecule has 3 rings (SSSR count). The highest BCUT2D eigenvalue weighted by molar-refractivity contribution is 5.86. The fourth-order valence-electron chi connectivity index (χ4n) is 2.33. The van der Waals surface area contributed by atoms with E-state index in [-0.39, 0.29) is 0 Å². The van der Waals surface area contributed by atoms with Crippen molar-refractivity contribution in [1.29, 1.82) is 0 Å². The molecule has 0 aliphatic heterocycles. The van der Waals surface area contributed by atoms with Crippen molar-refractivity contribution < 1.29 is 0 Å². The van der Waals surface area contributed by atoms with Gasteiger partial charge in [0.25, 0.3) is 0 Å². The van der Waals surface area contributed by atoms with Gasteiger partial charge in [-0.2, -0.15) is 5.10 Å². The molecule has 0 aromatic rings. The first-order valence-corrected chi connectivity index (χ1v) is 5.73. The van der Waals surface area contributed by atoms with Gasteiger partial charge >= 0.3 is 0 Å². The fourth-order valence-corrected chi connectivity index (χ4v) is 2.33. The summed E-state index contributed by atoms with van der Waals surface area (Å²) in [6.45, 7) is 0. The van der Waals surface area contributed by atoms with E-state index in [1.807, 2.05) is 0 Å². The minimum absolute atomic E-state index is 0.729. The van der Waals surface area contributed by atoms with Crippen molar-refractivity contribution in [2.45, 2.75) is 51.0 Å². The molecule has 1 unspecified atom stereocenters. The van der Waals surface area contributed by atoms with Gasteiger partial charge in [-0.05, 0) is 56.8 Å². The fraction of sp³-hybridized carbons (Fsp3) is 0.909. The maximum absolute atomic E-state index is 4.51. The Hall–Kier alpha value is -0.530. The molecule has 13 heavy (non-hydrogen) atoms. The van der Waals surface area contributed by atoms with E-state index in [1.165, 1.54) is 50.7 Å².